The van der Waals surface area contributed by atoms with Crippen LogP contribution in [0.3, 0.4) is 0 Å². The Bertz CT molecular complexity index is 919. The van der Waals surface area contributed by atoms with E-state index < -0.39 is 10.0 Å². The highest BCUT2D eigenvalue weighted by Crippen LogP contribution is 2.23. The van der Waals surface area contributed by atoms with Crippen molar-refractivity contribution in [2.24, 2.45) is 0 Å². The molecular weight excluding hydrogens is 400 g/mol. The number of rotatable bonds is 9. The molecule has 1 aromatic heterocycles. The molecule has 0 atom stereocenters. The lowest BCUT2D eigenvalue weighted by Gasteiger charge is -2.18. The van der Waals surface area contributed by atoms with Crippen LogP contribution in [0.4, 0.5) is 0 Å². The molecule has 0 aliphatic carbocycles. The van der Waals surface area contributed by atoms with E-state index in [2.05, 4.69) is 10.4 Å². The molecule has 1 heterocycles. The number of carbonyl (C=O) groups excluding carboxylic acids is 1. The van der Waals surface area contributed by atoms with E-state index >= 15 is 0 Å². The number of nitrogens with one attached hydrogen (secondary N) is 1. The molecule has 0 spiro atoms. The molecular formula is C19H27ClN4O3S. The standard InChI is InChI=1S/C19H27ClN4O3S/c1-5-23(6-2)28(26,27)19-14(3)22-24(15(19)4)13-18(25)21-12-11-16-7-9-17(20)10-8-16/h7-10H,5-6,11-13H2,1-4H3,(H,21,25). The largest absolute Gasteiger partial charge is 0.354 e. The first-order valence-electron chi connectivity index (χ1n) is 9.26. The highest BCUT2D eigenvalue weighted by molar-refractivity contribution is 7.89. The van der Waals surface area contributed by atoms with E-state index in [0.717, 1.165) is 5.56 Å². The first kappa shape index (κ1) is 22.4. The van der Waals surface area contributed by atoms with Crippen molar-refractivity contribution in [2.75, 3.05) is 19.6 Å². The minimum absolute atomic E-state index is 0.0267. The average Bonchev–Trinajstić information content (AvgIpc) is 2.91. The van der Waals surface area contributed by atoms with Crippen LogP contribution in [0.15, 0.2) is 29.2 Å². The Kier molecular flexibility index (Phi) is 7.63. The Balaban J connectivity index is 2.04. The van der Waals surface area contributed by atoms with Gasteiger partial charge in [-0.15, -0.1) is 0 Å². The number of hydrogen-bond acceptors (Lipinski definition) is 4. The second-order valence-electron chi connectivity index (χ2n) is 6.47. The number of benzene rings is 1. The first-order chi connectivity index (χ1) is 13.2. The van der Waals surface area contributed by atoms with Crippen LogP contribution < -0.4 is 5.32 Å². The van der Waals surface area contributed by atoms with Crippen molar-refractivity contribution in [3.05, 3.63) is 46.2 Å². The van der Waals surface area contributed by atoms with Gasteiger partial charge in [0.2, 0.25) is 15.9 Å². The van der Waals surface area contributed by atoms with Gasteiger partial charge >= 0.3 is 0 Å². The van der Waals surface area contributed by atoms with Crippen LogP contribution in [0.2, 0.25) is 5.02 Å². The highest BCUT2D eigenvalue weighted by Gasteiger charge is 2.29. The van der Waals surface area contributed by atoms with Crippen LogP contribution >= 0.6 is 11.6 Å². The smallest absolute Gasteiger partial charge is 0.246 e. The molecule has 7 nitrogen and oxygen atoms in total. The van der Waals surface area contributed by atoms with Crippen LogP contribution in [0.1, 0.15) is 30.8 Å². The quantitative estimate of drug-likeness (QED) is 0.667. The molecule has 0 fully saturated rings. The van der Waals surface area contributed by atoms with Gasteiger partial charge in [0.25, 0.3) is 0 Å². The van der Waals surface area contributed by atoms with Crippen molar-refractivity contribution in [3.63, 3.8) is 0 Å². The third kappa shape index (κ3) is 5.12. The maximum Gasteiger partial charge on any atom is 0.246 e. The van der Waals surface area contributed by atoms with Gasteiger partial charge < -0.3 is 5.32 Å². The van der Waals surface area contributed by atoms with E-state index in [1.807, 2.05) is 24.3 Å². The van der Waals surface area contributed by atoms with Crippen LogP contribution in [-0.4, -0.2) is 48.0 Å². The van der Waals surface area contributed by atoms with Crippen LogP contribution in [-0.2, 0) is 27.8 Å². The van der Waals surface area contributed by atoms with Gasteiger partial charge in [-0.3, -0.25) is 9.48 Å². The Morgan fingerprint density at radius 1 is 1.18 bits per heavy atom. The van der Waals surface area contributed by atoms with Crippen LogP contribution in [0.25, 0.3) is 0 Å². The first-order valence-corrected chi connectivity index (χ1v) is 11.1. The summed E-state index contributed by atoms with van der Waals surface area (Å²) in [7, 11) is -3.63. The van der Waals surface area contributed by atoms with Crippen LogP contribution in [0.5, 0.6) is 0 Å². The lowest BCUT2D eigenvalue weighted by Crippen LogP contribution is -2.32. The maximum absolute atomic E-state index is 12.9. The van der Waals surface area contributed by atoms with Gasteiger partial charge in [0, 0.05) is 24.7 Å². The predicted molar refractivity (Wildman–Crippen MR) is 110 cm³/mol. The molecule has 2 rings (SSSR count). The fraction of sp³-hybridized carbons (Fsp3) is 0.474. The van der Waals surface area contributed by atoms with Crippen molar-refractivity contribution in [1.82, 2.24) is 19.4 Å². The van der Waals surface area contributed by atoms with Crippen molar-refractivity contribution in [1.29, 1.82) is 0 Å². The molecule has 2 aromatic rings. The minimum atomic E-state index is -3.63. The van der Waals surface area contributed by atoms with E-state index in [1.54, 1.807) is 27.7 Å². The summed E-state index contributed by atoms with van der Waals surface area (Å²) in [4.78, 5) is 12.5. The molecule has 1 N–H and O–H groups in total. The molecule has 0 saturated carbocycles. The van der Waals surface area contributed by atoms with E-state index in [9.17, 15) is 13.2 Å². The lowest BCUT2D eigenvalue weighted by molar-refractivity contribution is -0.121. The number of hydrogen-bond donors (Lipinski definition) is 1. The van der Waals surface area contributed by atoms with Crippen molar-refractivity contribution in [2.45, 2.75) is 45.6 Å². The molecule has 0 saturated heterocycles. The topological polar surface area (TPSA) is 84.3 Å². The Labute approximate surface area is 171 Å². The molecule has 1 amide bonds. The number of sulfonamides is 1. The second-order valence-corrected chi connectivity index (χ2v) is 8.78. The van der Waals surface area contributed by atoms with Crippen LogP contribution in [0, 0.1) is 13.8 Å². The zero-order valence-electron chi connectivity index (χ0n) is 16.7. The molecule has 154 valence electrons. The van der Waals surface area contributed by atoms with Crippen molar-refractivity contribution < 1.29 is 13.2 Å². The van der Waals surface area contributed by atoms with Gasteiger partial charge in [0.05, 0.1) is 11.4 Å². The van der Waals surface area contributed by atoms with E-state index in [-0.39, 0.29) is 17.3 Å². The molecule has 0 aliphatic rings. The molecule has 1 aromatic carbocycles. The molecule has 28 heavy (non-hydrogen) atoms. The van der Waals surface area contributed by atoms with Gasteiger partial charge in [-0.2, -0.15) is 9.40 Å². The van der Waals surface area contributed by atoms with Crippen molar-refractivity contribution >= 4 is 27.5 Å². The number of nitrogens with zero attached hydrogens (tertiary/aromatic N) is 3. The van der Waals surface area contributed by atoms with Gasteiger partial charge in [-0.25, -0.2) is 8.42 Å². The minimum Gasteiger partial charge on any atom is -0.354 e. The second kappa shape index (κ2) is 9.54. The average molecular weight is 427 g/mol. The van der Waals surface area contributed by atoms with E-state index in [4.69, 9.17) is 11.6 Å². The Morgan fingerprint density at radius 2 is 1.79 bits per heavy atom. The van der Waals surface area contributed by atoms with Gasteiger partial charge in [0.1, 0.15) is 11.4 Å². The predicted octanol–water partition coefficient (Wildman–Crippen LogP) is 2.54. The van der Waals surface area contributed by atoms with Crippen molar-refractivity contribution in [3.8, 4) is 0 Å². The maximum atomic E-state index is 12.9. The molecule has 0 aliphatic heterocycles. The molecule has 0 unspecified atom stereocenters. The summed E-state index contributed by atoms with van der Waals surface area (Å²) in [5.74, 6) is -0.216. The summed E-state index contributed by atoms with van der Waals surface area (Å²) in [5, 5.41) is 7.79. The molecule has 0 radical (unpaired) electrons. The lowest BCUT2D eigenvalue weighted by atomic mass is 10.1. The van der Waals surface area contributed by atoms with Gasteiger partial charge in [-0.1, -0.05) is 37.6 Å². The fourth-order valence-corrected chi connectivity index (χ4v) is 5.05. The van der Waals surface area contributed by atoms with Gasteiger partial charge in [-0.05, 0) is 38.0 Å². The summed E-state index contributed by atoms with van der Waals surface area (Å²) >= 11 is 5.86. The van der Waals surface area contributed by atoms with E-state index in [0.29, 0.717) is 42.5 Å². The summed E-state index contributed by atoms with van der Waals surface area (Å²) < 4.78 is 28.5. The summed E-state index contributed by atoms with van der Waals surface area (Å²) in [5.41, 5.74) is 1.94. The number of carbonyl (C=O) groups is 1. The van der Waals surface area contributed by atoms with Gasteiger partial charge in [0.15, 0.2) is 0 Å². The normalized spacial score (nSPS) is 11.8. The fourth-order valence-electron chi connectivity index (χ4n) is 3.09. The highest BCUT2D eigenvalue weighted by atomic mass is 35.5. The zero-order valence-corrected chi connectivity index (χ0v) is 18.3. The number of halogens is 1. The number of aromatic nitrogens is 2. The Morgan fingerprint density at radius 3 is 2.36 bits per heavy atom. The Hall–Kier alpha value is -1.90. The summed E-state index contributed by atoms with van der Waals surface area (Å²) in [6.07, 6.45) is 0.682. The third-order valence-corrected chi connectivity index (χ3v) is 7.12. The monoisotopic (exact) mass is 426 g/mol. The third-order valence-electron chi connectivity index (χ3n) is 4.56. The van der Waals surface area contributed by atoms with E-state index in [1.165, 1.54) is 8.99 Å². The SMILES string of the molecule is CCN(CC)S(=O)(=O)c1c(C)nn(CC(=O)NCCc2ccc(Cl)cc2)c1C. The number of amides is 1. The summed E-state index contributed by atoms with van der Waals surface area (Å²) in [6.45, 7) is 8.14. The zero-order chi connectivity index (χ0) is 20.9. The number of aryl methyl sites for hydroxylation is 1. The molecule has 0 bridgehead atoms. The molecule has 9 heteroatoms. The summed E-state index contributed by atoms with van der Waals surface area (Å²) in [6, 6.07) is 7.46.